The van der Waals surface area contributed by atoms with Crippen LogP contribution in [0.1, 0.15) is 40.5 Å². The SMILES string of the molecule is CC1C=CCC2C(=O)N(c3ccc(-c4cc(C(=O)OC(CCCl)C(=O)c5ccc(Cl)cc5)c5cc(Br)ccc5n4)cc3)C(=O)C12. The van der Waals surface area contributed by atoms with Crippen LogP contribution in [0.5, 0.6) is 0 Å². The van der Waals surface area contributed by atoms with E-state index in [0.29, 0.717) is 44.9 Å². The summed E-state index contributed by atoms with van der Waals surface area (Å²) in [5, 5.41) is 1.02. The molecule has 0 N–H and O–H groups in total. The van der Waals surface area contributed by atoms with E-state index in [0.717, 1.165) is 4.47 Å². The first kappa shape index (κ1) is 31.1. The Bertz CT molecular complexity index is 1860. The first-order chi connectivity index (χ1) is 21.7. The molecule has 2 amide bonds. The lowest BCUT2D eigenvalue weighted by Crippen LogP contribution is -2.31. The molecule has 3 aromatic carbocycles. The summed E-state index contributed by atoms with van der Waals surface area (Å²) in [6.45, 7) is 1.96. The van der Waals surface area contributed by atoms with Crippen LogP contribution in [0.2, 0.25) is 5.02 Å². The number of pyridine rings is 1. The number of hydrogen-bond acceptors (Lipinski definition) is 6. The van der Waals surface area contributed by atoms with E-state index in [9.17, 15) is 19.2 Å². The number of aromatic nitrogens is 1. The topological polar surface area (TPSA) is 93.6 Å². The fraction of sp³-hybridized carbons (Fsp3) is 0.229. The molecule has 0 saturated carbocycles. The molecule has 4 atom stereocenters. The van der Waals surface area contributed by atoms with Gasteiger partial charge in [-0.2, -0.15) is 0 Å². The molecular weight excluding hydrogens is 679 g/mol. The van der Waals surface area contributed by atoms with Crippen molar-refractivity contribution in [3.63, 3.8) is 0 Å². The summed E-state index contributed by atoms with van der Waals surface area (Å²) in [5.74, 6) is -2.05. The van der Waals surface area contributed by atoms with Gasteiger partial charge in [0, 0.05) is 38.3 Å². The smallest absolute Gasteiger partial charge is 0.339 e. The zero-order valence-electron chi connectivity index (χ0n) is 24.1. The minimum atomic E-state index is -1.11. The molecule has 1 aromatic heterocycles. The van der Waals surface area contributed by atoms with Crippen molar-refractivity contribution < 1.29 is 23.9 Å². The number of anilines is 1. The van der Waals surface area contributed by atoms with Gasteiger partial charge >= 0.3 is 5.97 Å². The van der Waals surface area contributed by atoms with Crippen molar-refractivity contribution in [2.75, 3.05) is 10.8 Å². The molecule has 45 heavy (non-hydrogen) atoms. The van der Waals surface area contributed by atoms with Crippen LogP contribution in [0.3, 0.4) is 0 Å². The van der Waals surface area contributed by atoms with Crippen molar-refractivity contribution in [2.45, 2.75) is 25.9 Å². The van der Waals surface area contributed by atoms with E-state index in [1.54, 1.807) is 66.7 Å². The van der Waals surface area contributed by atoms with E-state index in [-0.39, 0.29) is 53.2 Å². The van der Waals surface area contributed by atoms with Crippen LogP contribution < -0.4 is 4.90 Å². The summed E-state index contributed by atoms with van der Waals surface area (Å²) in [7, 11) is 0. The summed E-state index contributed by atoms with van der Waals surface area (Å²) in [6, 6.07) is 20.3. The number of ether oxygens (including phenoxy) is 1. The highest BCUT2D eigenvalue weighted by Crippen LogP contribution is 2.41. The predicted octanol–water partition coefficient (Wildman–Crippen LogP) is 8.06. The van der Waals surface area contributed by atoms with E-state index < -0.39 is 12.1 Å². The van der Waals surface area contributed by atoms with Crippen molar-refractivity contribution in [1.82, 2.24) is 4.98 Å². The third kappa shape index (κ3) is 6.07. The number of rotatable bonds is 8. The number of carbonyl (C=O) groups is 4. The Labute approximate surface area is 278 Å². The van der Waals surface area contributed by atoms with E-state index >= 15 is 0 Å². The molecule has 0 spiro atoms. The molecule has 10 heteroatoms. The Kier molecular flexibility index (Phi) is 8.91. The third-order valence-electron chi connectivity index (χ3n) is 8.33. The zero-order valence-corrected chi connectivity index (χ0v) is 27.2. The first-order valence-electron chi connectivity index (χ1n) is 14.5. The number of nitrogens with zero attached hydrogens (tertiary/aromatic N) is 2. The molecule has 1 aliphatic heterocycles. The van der Waals surface area contributed by atoms with E-state index in [4.69, 9.17) is 32.9 Å². The van der Waals surface area contributed by atoms with Crippen molar-refractivity contribution >= 4 is 79.3 Å². The molecule has 2 heterocycles. The van der Waals surface area contributed by atoms with Gasteiger partial charge in [-0.25, -0.2) is 9.78 Å². The molecule has 2 aliphatic rings. The summed E-state index contributed by atoms with van der Waals surface area (Å²) in [5.41, 5.74) is 2.75. The number of carbonyl (C=O) groups excluding carboxylic acids is 4. The lowest BCUT2D eigenvalue weighted by atomic mass is 9.78. The Balaban J connectivity index is 1.32. The molecule has 4 aromatic rings. The standard InChI is InChI=1S/C35H27BrCl2N2O5/c1-19-3-2-4-25-31(19)34(43)40(33(25)42)24-12-7-20(8-13-24)29-18-27(26-17-22(36)9-14-28(26)39-29)35(44)45-30(15-16-37)32(41)21-5-10-23(38)11-6-21/h2-3,5-14,17-19,25,30-31H,4,15-16H2,1H3. The number of imide groups is 1. The largest absolute Gasteiger partial charge is 0.450 e. The lowest BCUT2D eigenvalue weighted by Gasteiger charge is -2.22. The van der Waals surface area contributed by atoms with E-state index in [1.807, 2.05) is 25.1 Å². The summed E-state index contributed by atoms with van der Waals surface area (Å²) in [4.78, 5) is 59.5. The van der Waals surface area contributed by atoms with Gasteiger partial charge in [0.1, 0.15) is 0 Å². The number of alkyl halides is 1. The second-order valence-electron chi connectivity index (χ2n) is 11.2. The maximum absolute atomic E-state index is 13.7. The average Bonchev–Trinajstić information content (AvgIpc) is 3.30. The number of allylic oxidation sites excluding steroid dienone is 2. The summed E-state index contributed by atoms with van der Waals surface area (Å²) < 4.78 is 6.53. The quantitative estimate of drug-likeness (QED) is 0.0606. The number of hydrogen-bond donors (Lipinski definition) is 0. The van der Waals surface area contributed by atoms with Gasteiger partial charge in [-0.3, -0.25) is 19.3 Å². The van der Waals surface area contributed by atoms with Crippen LogP contribution in [0, 0.1) is 17.8 Å². The Morgan fingerprint density at radius 2 is 1.76 bits per heavy atom. The molecule has 1 aliphatic carbocycles. The van der Waals surface area contributed by atoms with Crippen molar-refractivity contribution in [3.8, 4) is 11.3 Å². The van der Waals surface area contributed by atoms with Crippen LogP contribution >= 0.6 is 39.1 Å². The van der Waals surface area contributed by atoms with E-state index in [2.05, 4.69) is 15.9 Å². The first-order valence-corrected chi connectivity index (χ1v) is 16.2. The van der Waals surface area contributed by atoms with Gasteiger partial charge in [0.05, 0.1) is 34.3 Å². The van der Waals surface area contributed by atoms with Gasteiger partial charge in [0.2, 0.25) is 17.6 Å². The average molecular weight is 706 g/mol. The number of ketones is 1. The molecule has 1 fully saturated rings. The number of halogens is 3. The zero-order chi connectivity index (χ0) is 31.8. The predicted molar refractivity (Wildman–Crippen MR) is 178 cm³/mol. The molecule has 7 nitrogen and oxygen atoms in total. The number of Topliss-reactive ketones (excluding diaryl/α,β-unsaturated/α-hetero) is 1. The molecule has 0 bridgehead atoms. The van der Waals surface area contributed by atoms with Crippen LogP contribution in [0.4, 0.5) is 5.69 Å². The van der Waals surface area contributed by atoms with Crippen molar-refractivity contribution in [1.29, 1.82) is 0 Å². The fourth-order valence-corrected chi connectivity index (χ4v) is 6.72. The van der Waals surface area contributed by atoms with Gasteiger partial charge < -0.3 is 4.74 Å². The maximum Gasteiger partial charge on any atom is 0.339 e. The molecule has 0 radical (unpaired) electrons. The highest BCUT2D eigenvalue weighted by atomic mass is 79.9. The van der Waals surface area contributed by atoms with Gasteiger partial charge in [-0.05, 0) is 73.0 Å². The van der Waals surface area contributed by atoms with Gasteiger partial charge in [-0.15, -0.1) is 11.6 Å². The molecular formula is C35H27BrCl2N2O5. The van der Waals surface area contributed by atoms with Crippen molar-refractivity contribution in [2.24, 2.45) is 17.8 Å². The van der Waals surface area contributed by atoms with Crippen molar-refractivity contribution in [3.05, 3.63) is 106 Å². The second kappa shape index (κ2) is 12.9. The normalized spacial score (nSPS) is 19.9. The monoisotopic (exact) mass is 704 g/mol. The van der Waals surface area contributed by atoms with E-state index in [1.165, 1.54) is 4.90 Å². The van der Waals surface area contributed by atoms with Gasteiger partial charge in [0.15, 0.2) is 6.10 Å². The fourth-order valence-electron chi connectivity index (χ4n) is 6.03. The Morgan fingerprint density at radius 1 is 1.02 bits per heavy atom. The highest BCUT2D eigenvalue weighted by Gasteiger charge is 2.50. The van der Waals surface area contributed by atoms with Gasteiger partial charge in [-0.1, -0.05) is 58.7 Å². The molecule has 4 unspecified atom stereocenters. The van der Waals surface area contributed by atoms with Crippen LogP contribution in [0.15, 0.2) is 89.4 Å². The third-order valence-corrected chi connectivity index (χ3v) is 9.29. The molecule has 228 valence electrons. The highest BCUT2D eigenvalue weighted by molar-refractivity contribution is 9.10. The molecule has 1 saturated heterocycles. The van der Waals surface area contributed by atoms with Gasteiger partial charge in [0.25, 0.3) is 0 Å². The second-order valence-corrected chi connectivity index (χ2v) is 12.9. The Hall–Kier alpha value is -3.85. The minimum Gasteiger partial charge on any atom is -0.450 e. The van der Waals surface area contributed by atoms with Crippen LogP contribution in [-0.2, 0) is 14.3 Å². The Morgan fingerprint density at radius 3 is 2.44 bits per heavy atom. The number of amides is 2. The number of benzene rings is 3. The van der Waals surface area contributed by atoms with Crippen LogP contribution in [-0.4, -0.2) is 40.5 Å². The minimum absolute atomic E-state index is 0.00462. The number of esters is 1. The van der Waals surface area contributed by atoms with Crippen LogP contribution in [0.25, 0.3) is 22.2 Å². The lowest BCUT2D eigenvalue weighted by molar-refractivity contribution is -0.122. The number of fused-ring (bicyclic) bond motifs is 2. The summed E-state index contributed by atoms with van der Waals surface area (Å²) in [6.07, 6.45) is 3.55. The summed E-state index contributed by atoms with van der Waals surface area (Å²) >= 11 is 15.4. The maximum atomic E-state index is 13.7. The molecule has 6 rings (SSSR count).